The van der Waals surface area contributed by atoms with E-state index in [1.807, 2.05) is 0 Å². The van der Waals surface area contributed by atoms with Crippen molar-refractivity contribution in [3.63, 3.8) is 0 Å². The number of carbonyl (C=O) groups excluding carboxylic acids is 1. The standard InChI is InChI=1S/C10H14N2O5S/c1-11(5-7(13)6-17-2)10(14)8-3-4-9(18-8)12(15)16/h3-4,7,13H,5-6H2,1-2H3. The average molecular weight is 274 g/mol. The van der Waals surface area contributed by atoms with Gasteiger partial charge in [-0.25, -0.2) is 0 Å². The zero-order valence-corrected chi connectivity index (χ0v) is 10.8. The zero-order valence-electron chi connectivity index (χ0n) is 10.0. The number of amides is 1. The smallest absolute Gasteiger partial charge is 0.324 e. The summed E-state index contributed by atoms with van der Waals surface area (Å²) in [6.07, 6.45) is -0.779. The van der Waals surface area contributed by atoms with Crippen LogP contribution in [0.1, 0.15) is 9.67 Å². The summed E-state index contributed by atoms with van der Waals surface area (Å²) in [7, 11) is 2.97. The maximum Gasteiger partial charge on any atom is 0.324 e. The van der Waals surface area contributed by atoms with Crippen LogP contribution in [0.2, 0.25) is 0 Å². The topological polar surface area (TPSA) is 92.9 Å². The highest BCUT2D eigenvalue weighted by Crippen LogP contribution is 2.24. The first kappa shape index (κ1) is 14.6. The van der Waals surface area contributed by atoms with E-state index in [-0.39, 0.29) is 28.9 Å². The van der Waals surface area contributed by atoms with Crippen LogP contribution in [0.25, 0.3) is 0 Å². The molecule has 0 bridgehead atoms. The summed E-state index contributed by atoms with van der Waals surface area (Å²) in [6.45, 7) is 0.237. The van der Waals surface area contributed by atoms with E-state index < -0.39 is 11.0 Å². The minimum Gasteiger partial charge on any atom is -0.389 e. The van der Waals surface area contributed by atoms with Gasteiger partial charge in [-0.05, 0) is 6.07 Å². The van der Waals surface area contributed by atoms with Crippen LogP contribution in [0.5, 0.6) is 0 Å². The number of aliphatic hydroxyl groups is 1. The van der Waals surface area contributed by atoms with E-state index in [0.29, 0.717) is 0 Å². The van der Waals surface area contributed by atoms with Gasteiger partial charge in [-0.15, -0.1) is 0 Å². The zero-order chi connectivity index (χ0) is 13.7. The molecule has 1 unspecified atom stereocenters. The predicted molar refractivity (Wildman–Crippen MR) is 65.8 cm³/mol. The van der Waals surface area contributed by atoms with Crippen molar-refractivity contribution in [3.05, 3.63) is 27.1 Å². The van der Waals surface area contributed by atoms with Crippen molar-refractivity contribution >= 4 is 22.2 Å². The van der Waals surface area contributed by atoms with E-state index in [1.165, 1.54) is 31.2 Å². The SMILES string of the molecule is COCC(O)CN(C)C(=O)c1ccc([N+](=O)[O-])s1. The molecule has 0 radical (unpaired) electrons. The largest absolute Gasteiger partial charge is 0.389 e. The molecule has 1 atom stereocenters. The molecule has 1 amide bonds. The Morgan fingerprint density at radius 3 is 2.83 bits per heavy atom. The fourth-order valence-corrected chi connectivity index (χ4v) is 2.19. The van der Waals surface area contributed by atoms with Crippen molar-refractivity contribution in [2.75, 3.05) is 27.3 Å². The minimum absolute atomic E-state index is 0.0795. The Balaban J connectivity index is 2.65. The third-order valence-electron chi connectivity index (χ3n) is 2.17. The second kappa shape index (κ2) is 6.43. The molecular weight excluding hydrogens is 260 g/mol. The highest BCUT2D eigenvalue weighted by atomic mass is 32.1. The van der Waals surface area contributed by atoms with Crippen molar-refractivity contribution in [1.29, 1.82) is 0 Å². The molecule has 0 aliphatic carbocycles. The molecule has 0 aliphatic heterocycles. The van der Waals surface area contributed by atoms with E-state index in [0.717, 1.165) is 11.3 Å². The van der Waals surface area contributed by atoms with Crippen LogP contribution in [0.15, 0.2) is 12.1 Å². The van der Waals surface area contributed by atoms with E-state index in [2.05, 4.69) is 0 Å². The lowest BCUT2D eigenvalue weighted by atomic mass is 10.3. The first-order valence-corrected chi connectivity index (χ1v) is 5.94. The lowest BCUT2D eigenvalue weighted by Gasteiger charge is -2.19. The molecule has 1 heterocycles. The molecule has 18 heavy (non-hydrogen) atoms. The highest BCUT2D eigenvalue weighted by Gasteiger charge is 2.20. The number of nitro groups is 1. The van der Waals surface area contributed by atoms with E-state index in [9.17, 15) is 20.0 Å². The van der Waals surface area contributed by atoms with Gasteiger partial charge in [0.1, 0.15) is 0 Å². The molecule has 1 aromatic rings. The molecule has 8 heteroatoms. The van der Waals surface area contributed by atoms with E-state index >= 15 is 0 Å². The monoisotopic (exact) mass is 274 g/mol. The Hall–Kier alpha value is -1.51. The summed E-state index contributed by atoms with van der Waals surface area (Å²) in [5.74, 6) is -0.358. The first-order chi connectivity index (χ1) is 8.45. The van der Waals surface area contributed by atoms with Gasteiger partial charge in [-0.2, -0.15) is 0 Å². The van der Waals surface area contributed by atoms with Crippen molar-refractivity contribution in [2.45, 2.75) is 6.10 Å². The number of hydrogen-bond acceptors (Lipinski definition) is 6. The number of carbonyl (C=O) groups is 1. The van der Waals surface area contributed by atoms with Gasteiger partial charge in [0.15, 0.2) is 0 Å². The molecule has 0 spiro atoms. The number of aliphatic hydroxyl groups excluding tert-OH is 1. The van der Waals surface area contributed by atoms with Crippen molar-refractivity contribution in [3.8, 4) is 0 Å². The third-order valence-corrected chi connectivity index (χ3v) is 3.20. The van der Waals surface area contributed by atoms with Gasteiger partial charge in [0.2, 0.25) is 0 Å². The Labute approximate surface area is 108 Å². The average Bonchev–Trinajstić information content (AvgIpc) is 2.77. The second-order valence-corrected chi connectivity index (χ2v) is 4.75. The quantitative estimate of drug-likeness (QED) is 0.610. The fourth-order valence-electron chi connectivity index (χ4n) is 1.37. The third kappa shape index (κ3) is 3.76. The van der Waals surface area contributed by atoms with Gasteiger partial charge in [-0.3, -0.25) is 14.9 Å². The number of rotatable bonds is 6. The number of likely N-dealkylation sites (N-methyl/N-ethyl adjacent to an activating group) is 1. The molecular formula is C10H14N2O5S. The number of ether oxygens (including phenoxy) is 1. The molecule has 0 aliphatic rings. The second-order valence-electron chi connectivity index (χ2n) is 3.69. The van der Waals surface area contributed by atoms with Crippen LogP contribution in [0.3, 0.4) is 0 Å². The van der Waals surface area contributed by atoms with Crippen molar-refractivity contribution in [2.24, 2.45) is 0 Å². The molecule has 1 aromatic heterocycles. The minimum atomic E-state index is -0.779. The molecule has 0 aromatic carbocycles. The highest BCUT2D eigenvalue weighted by molar-refractivity contribution is 7.17. The first-order valence-electron chi connectivity index (χ1n) is 5.12. The number of methoxy groups -OCH3 is 1. The van der Waals surface area contributed by atoms with E-state index in [4.69, 9.17) is 4.74 Å². The lowest BCUT2D eigenvalue weighted by Crippen LogP contribution is -2.35. The van der Waals surface area contributed by atoms with Gasteiger partial charge in [0, 0.05) is 26.8 Å². The van der Waals surface area contributed by atoms with Gasteiger partial charge in [0.05, 0.1) is 22.5 Å². The fraction of sp³-hybridized carbons (Fsp3) is 0.500. The predicted octanol–water partition coefficient (Wildman–Crippen LogP) is 0.736. The van der Waals surface area contributed by atoms with Crippen LogP contribution in [-0.4, -0.2) is 54.3 Å². The number of nitrogens with zero attached hydrogens (tertiary/aromatic N) is 2. The number of thiophene rings is 1. The summed E-state index contributed by atoms with van der Waals surface area (Å²) in [6, 6.07) is 2.70. The van der Waals surface area contributed by atoms with Crippen molar-refractivity contribution in [1.82, 2.24) is 4.90 Å². The molecule has 100 valence electrons. The Kier molecular flexibility index (Phi) is 5.20. The van der Waals surface area contributed by atoms with Gasteiger partial charge >= 0.3 is 5.00 Å². The van der Waals surface area contributed by atoms with Crippen molar-refractivity contribution < 1.29 is 19.6 Å². The maximum absolute atomic E-state index is 11.9. The van der Waals surface area contributed by atoms with Crippen LogP contribution in [0, 0.1) is 10.1 Å². The van der Waals surface area contributed by atoms with Gasteiger partial charge < -0.3 is 14.7 Å². The summed E-state index contributed by atoms with van der Waals surface area (Å²) in [5, 5.41) is 19.9. The Morgan fingerprint density at radius 1 is 1.67 bits per heavy atom. The summed E-state index contributed by atoms with van der Waals surface area (Å²) < 4.78 is 4.75. The molecule has 1 rings (SSSR count). The normalized spacial score (nSPS) is 12.2. The van der Waals surface area contributed by atoms with Crippen LogP contribution in [-0.2, 0) is 4.74 Å². The lowest BCUT2D eigenvalue weighted by molar-refractivity contribution is -0.380. The molecule has 1 N–H and O–H groups in total. The Morgan fingerprint density at radius 2 is 2.33 bits per heavy atom. The van der Waals surface area contributed by atoms with Crippen LogP contribution in [0.4, 0.5) is 5.00 Å². The maximum atomic E-state index is 11.9. The molecule has 7 nitrogen and oxygen atoms in total. The van der Waals surface area contributed by atoms with E-state index in [1.54, 1.807) is 0 Å². The van der Waals surface area contributed by atoms with Gasteiger partial charge in [0.25, 0.3) is 5.91 Å². The number of hydrogen-bond donors (Lipinski definition) is 1. The summed E-state index contributed by atoms with van der Waals surface area (Å²) in [5.41, 5.74) is 0. The van der Waals surface area contributed by atoms with Gasteiger partial charge in [-0.1, -0.05) is 11.3 Å². The van der Waals surface area contributed by atoms with Crippen LogP contribution >= 0.6 is 11.3 Å². The molecule has 0 saturated carbocycles. The Bertz CT molecular complexity index is 434. The molecule has 0 fully saturated rings. The van der Waals surface area contributed by atoms with Crippen LogP contribution < -0.4 is 0 Å². The molecule has 0 saturated heterocycles. The summed E-state index contributed by atoms with van der Waals surface area (Å²) in [4.78, 5) is 23.4. The summed E-state index contributed by atoms with van der Waals surface area (Å²) >= 11 is 0.815.